The smallest absolute Gasteiger partial charge is 0.417 e. The van der Waals surface area contributed by atoms with E-state index < -0.39 is 29.7 Å². The van der Waals surface area contributed by atoms with Gasteiger partial charge in [0.2, 0.25) is 11.7 Å². The molecule has 3 aromatic rings. The summed E-state index contributed by atoms with van der Waals surface area (Å²) in [4.78, 5) is 40.4. The Balaban J connectivity index is 1.54. The maximum Gasteiger partial charge on any atom is 0.417 e. The number of aliphatic hydroxyl groups excluding tert-OH is 1. The number of hydrogen-bond donors (Lipinski definition) is 1. The van der Waals surface area contributed by atoms with E-state index in [1.165, 1.54) is 6.92 Å². The first-order chi connectivity index (χ1) is 18.4. The Hall–Kier alpha value is -3.75. The molecule has 0 saturated carbocycles. The number of rotatable bonds is 12. The first-order valence-corrected chi connectivity index (χ1v) is 12.9. The number of imide groups is 1. The van der Waals surface area contributed by atoms with Crippen molar-refractivity contribution in [1.82, 2.24) is 4.90 Å². The normalized spacial score (nSPS) is 15.9. The summed E-state index contributed by atoms with van der Waals surface area (Å²) in [5.74, 6) is -1.54. The molecule has 8 heteroatoms. The van der Waals surface area contributed by atoms with Crippen LogP contribution in [-0.4, -0.2) is 60.3 Å². The predicted molar refractivity (Wildman–Crippen MR) is 141 cm³/mol. The molecule has 2 atom stereocenters. The highest BCUT2D eigenvalue weighted by atomic mass is 16.6. The van der Waals surface area contributed by atoms with Gasteiger partial charge in [-0.05, 0) is 43.9 Å². The fourth-order valence-corrected chi connectivity index (χ4v) is 4.60. The van der Waals surface area contributed by atoms with E-state index in [9.17, 15) is 14.4 Å². The van der Waals surface area contributed by atoms with Gasteiger partial charge in [-0.2, -0.15) is 0 Å². The number of carbonyl (C=O) groups excluding carboxylic acids is 3. The van der Waals surface area contributed by atoms with Gasteiger partial charge in [0, 0.05) is 18.6 Å². The zero-order valence-electron chi connectivity index (χ0n) is 21.7. The Bertz CT molecular complexity index is 1270. The lowest BCUT2D eigenvalue weighted by Gasteiger charge is -2.22. The number of cyclic esters (lactones) is 1. The van der Waals surface area contributed by atoms with Gasteiger partial charge in [0.05, 0.1) is 19.3 Å². The van der Waals surface area contributed by atoms with Crippen LogP contribution in [0.1, 0.15) is 40.8 Å². The molecule has 0 aliphatic carbocycles. The maximum absolute atomic E-state index is 13.4. The van der Waals surface area contributed by atoms with Crippen LogP contribution in [0.3, 0.4) is 0 Å². The van der Waals surface area contributed by atoms with Gasteiger partial charge in [0.25, 0.3) is 0 Å². The average Bonchev–Trinajstić information content (AvgIpc) is 3.51. The molecule has 1 fully saturated rings. The fourth-order valence-electron chi connectivity index (χ4n) is 4.60. The number of ether oxygens (including phenoxy) is 2. The van der Waals surface area contributed by atoms with Gasteiger partial charge in [-0.3, -0.25) is 9.59 Å². The maximum atomic E-state index is 13.4. The highest BCUT2D eigenvalue weighted by Crippen LogP contribution is 2.31. The number of ketones is 1. The first-order valence-electron chi connectivity index (χ1n) is 12.9. The number of hydrogen-bond acceptors (Lipinski definition) is 7. The second-order valence-corrected chi connectivity index (χ2v) is 9.47. The van der Waals surface area contributed by atoms with Crippen LogP contribution in [0.4, 0.5) is 4.79 Å². The number of amides is 2. The quantitative estimate of drug-likeness (QED) is 0.212. The third-order valence-corrected chi connectivity index (χ3v) is 6.59. The van der Waals surface area contributed by atoms with Gasteiger partial charge in [0.15, 0.2) is 5.76 Å². The van der Waals surface area contributed by atoms with Crippen molar-refractivity contribution >= 4 is 17.8 Å². The molecular weight excluding hydrogens is 486 g/mol. The van der Waals surface area contributed by atoms with Crippen LogP contribution < -0.4 is 0 Å². The van der Waals surface area contributed by atoms with E-state index in [0.717, 1.165) is 27.2 Å². The summed E-state index contributed by atoms with van der Waals surface area (Å²) >= 11 is 0. The number of aliphatic hydroxyl groups is 1. The fraction of sp³-hybridized carbons (Fsp3) is 0.367. The van der Waals surface area contributed by atoms with Crippen LogP contribution in [0, 0.1) is 12.8 Å². The number of aryl methyl sites for hydroxylation is 2. The van der Waals surface area contributed by atoms with Crippen LogP contribution in [0.2, 0.25) is 0 Å². The van der Waals surface area contributed by atoms with Crippen molar-refractivity contribution in [3.63, 3.8) is 0 Å². The molecule has 1 saturated heterocycles. The lowest BCUT2D eigenvalue weighted by atomic mass is 9.98. The summed E-state index contributed by atoms with van der Waals surface area (Å²) in [6, 6.07) is 18.6. The number of carbonyl (C=O) groups is 3. The summed E-state index contributed by atoms with van der Waals surface area (Å²) in [6.07, 6.45) is 0.857. The molecule has 0 radical (unpaired) electrons. The molecule has 1 aromatic heterocycles. The summed E-state index contributed by atoms with van der Waals surface area (Å²) in [7, 11) is 0. The van der Waals surface area contributed by atoms with E-state index in [4.69, 9.17) is 19.0 Å². The largest absolute Gasteiger partial charge is 0.457 e. The zero-order chi connectivity index (χ0) is 27.1. The van der Waals surface area contributed by atoms with Gasteiger partial charge in [-0.25, -0.2) is 9.69 Å². The Morgan fingerprint density at radius 2 is 1.89 bits per heavy atom. The van der Waals surface area contributed by atoms with Crippen LogP contribution >= 0.6 is 0 Å². The zero-order valence-corrected chi connectivity index (χ0v) is 21.7. The highest BCUT2D eigenvalue weighted by Gasteiger charge is 2.42. The minimum Gasteiger partial charge on any atom is -0.457 e. The number of Topliss-reactive ketones (excluding diaryl/α,β-unsaturated/α-hetero) is 1. The topological polar surface area (TPSA) is 106 Å². The number of benzene rings is 2. The summed E-state index contributed by atoms with van der Waals surface area (Å²) in [6.45, 7) is 4.22. The van der Waals surface area contributed by atoms with E-state index in [-0.39, 0.29) is 25.6 Å². The average molecular weight is 520 g/mol. The Morgan fingerprint density at radius 1 is 1.11 bits per heavy atom. The third kappa shape index (κ3) is 6.38. The van der Waals surface area contributed by atoms with E-state index in [1.807, 2.05) is 61.5 Å². The van der Waals surface area contributed by atoms with Gasteiger partial charge in [-0.1, -0.05) is 60.2 Å². The number of nitrogens with zero attached hydrogens (tertiary/aromatic N) is 1. The van der Waals surface area contributed by atoms with Crippen molar-refractivity contribution in [2.24, 2.45) is 5.92 Å². The van der Waals surface area contributed by atoms with Crippen LogP contribution in [0.15, 0.2) is 65.1 Å². The summed E-state index contributed by atoms with van der Waals surface area (Å²) < 4.78 is 16.6. The van der Waals surface area contributed by atoms with Crippen LogP contribution in [0.5, 0.6) is 0 Å². The molecule has 0 unspecified atom stereocenters. The molecule has 1 aliphatic heterocycles. The minimum atomic E-state index is -1.13. The molecule has 38 heavy (non-hydrogen) atoms. The van der Waals surface area contributed by atoms with Crippen molar-refractivity contribution in [2.45, 2.75) is 39.2 Å². The minimum absolute atomic E-state index is 0.0450. The van der Waals surface area contributed by atoms with Gasteiger partial charge < -0.3 is 19.0 Å². The molecule has 1 aliphatic rings. The molecule has 0 bridgehead atoms. The standard InChI is InChI=1S/C30H33NO7/c1-20-8-6-11-23(16-20)25-18-27(38-26(25)12-7-14-36-15-13-32)28(33)21(2)29(34)31-24(19-37-30(31)35)17-22-9-4-3-5-10-22/h3-6,8-11,16,18,21,24,32H,7,12-15,17,19H2,1-2H3/t21-,24-/m0/s1. The first kappa shape index (κ1) is 27.3. The molecule has 2 heterocycles. The lowest BCUT2D eigenvalue weighted by Crippen LogP contribution is -2.44. The summed E-state index contributed by atoms with van der Waals surface area (Å²) in [5.41, 5.74) is 3.72. The molecule has 2 amide bonds. The van der Waals surface area contributed by atoms with E-state index in [1.54, 1.807) is 6.07 Å². The monoisotopic (exact) mass is 519 g/mol. The van der Waals surface area contributed by atoms with Crippen LogP contribution in [-0.2, 0) is 27.1 Å². The molecule has 200 valence electrons. The van der Waals surface area contributed by atoms with Crippen LogP contribution in [0.25, 0.3) is 11.1 Å². The molecule has 1 N–H and O–H groups in total. The molecule has 0 spiro atoms. The van der Waals surface area contributed by atoms with Gasteiger partial charge in [-0.15, -0.1) is 0 Å². The Morgan fingerprint density at radius 3 is 2.63 bits per heavy atom. The van der Waals surface area contributed by atoms with E-state index >= 15 is 0 Å². The predicted octanol–water partition coefficient (Wildman–Crippen LogP) is 4.61. The molecule has 2 aromatic carbocycles. The second-order valence-electron chi connectivity index (χ2n) is 9.47. The molecule has 4 rings (SSSR count). The number of furan rings is 1. The SMILES string of the molecule is Cc1cccc(-c2cc(C(=O)[C@H](C)C(=O)N3C(=O)OC[C@@H]3Cc3ccccc3)oc2CCCOCCO)c1. The Kier molecular flexibility index (Phi) is 9.10. The molecular formula is C30H33NO7. The van der Waals surface area contributed by atoms with E-state index in [0.29, 0.717) is 31.6 Å². The highest BCUT2D eigenvalue weighted by molar-refractivity contribution is 6.12. The lowest BCUT2D eigenvalue weighted by molar-refractivity contribution is -0.131. The van der Waals surface area contributed by atoms with E-state index in [2.05, 4.69) is 0 Å². The van der Waals surface area contributed by atoms with Gasteiger partial charge in [0.1, 0.15) is 18.3 Å². The molecule has 8 nitrogen and oxygen atoms in total. The summed E-state index contributed by atoms with van der Waals surface area (Å²) in [5, 5.41) is 8.91. The van der Waals surface area contributed by atoms with Crippen molar-refractivity contribution in [1.29, 1.82) is 0 Å². The van der Waals surface area contributed by atoms with Crippen molar-refractivity contribution in [2.75, 3.05) is 26.4 Å². The third-order valence-electron chi connectivity index (χ3n) is 6.59. The van der Waals surface area contributed by atoms with Crippen molar-refractivity contribution in [3.8, 4) is 11.1 Å². The van der Waals surface area contributed by atoms with Gasteiger partial charge >= 0.3 is 6.09 Å². The van der Waals surface area contributed by atoms with Crippen molar-refractivity contribution in [3.05, 3.63) is 83.3 Å². The second kappa shape index (κ2) is 12.7. The van der Waals surface area contributed by atoms with Crippen molar-refractivity contribution < 1.29 is 33.4 Å². The Labute approximate surface area is 222 Å².